The molecule has 2 saturated carbocycles. The van der Waals surface area contributed by atoms with Crippen LogP contribution < -0.4 is 19.5 Å². The molecule has 1 aromatic heterocycles. The first kappa shape index (κ1) is 39.3. The molecule has 2 N–H and O–H groups in total. The molecule has 4 amide bonds. The fraction of sp³-hybridized carbons (Fsp3) is 0.595. The van der Waals surface area contributed by atoms with Crippen molar-refractivity contribution in [2.45, 2.75) is 113 Å². The van der Waals surface area contributed by atoms with Gasteiger partial charge in [-0.15, -0.1) is 0 Å². The molecule has 2 saturated heterocycles. The van der Waals surface area contributed by atoms with Crippen LogP contribution in [0.15, 0.2) is 42.5 Å². The molecule has 4 fully saturated rings. The van der Waals surface area contributed by atoms with Gasteiger partial charge in [-0.05, 0) is 76.0 Å². The molecule has 8 rings (SSSR count). The van der Waals surface area contributed by atoms with Crippen molar-refractivity contribution in [2.24, 2.45) is 11.8 Å². The van der Waals surface area contributed by atoms with Gasteiger partial charge in [-0.2, -0.15) is 0 Å². The average molecular weight is 804 g/mol. The van der Waals surface area contributed by atoms with Gasteiger partial charge in [0.2, 0.25) is 33.6 Å². The summed E-state index contributed by atoms with van der Waals surface area (Å²) in [6.45, 7) is 1.66. The maximum absolute atomic E-state index is 14.8. The van der Waals surface area contributed by atoms with E-state index in [-0.39, 0.29) is 43.7 Å². The molecule has 4 aliphatic heterocycles. The highest BCUT2D eigenvalue weighted by Gasteiger charge is 2.62. The van der Waals surface area contributed by atoms with Gasteiger partial charge >= 0.3 is 0 Å². The maximum Gasteiger partial charge on any atom is 0.259 e. The third-order valence-corrected chi connectivity index (χ3v) is 14.2. The number of rotatable bonds is 4. The predicted octanol–water partition coefficient (Wildman–Crippen LogP) is 4.03. The normalized spacial score (nSPS) is 30.8. The fourth-order valence-electron chi connectivity index (χ4n) is 8.72. The molecule has 2 aromatic rings. The number of hydrogen-bond acceptors (Lipinski definition) is 10. The van der Waals surface area contributed by atoms with Crippen LogP contribution >= 0.6 is 0 Å². The van der Waals surface area contributed by atoms with E-state index in [1.165, 1.54) is 4.90 Å². The first-order valence-corrected chi connectivity index (χ1v) is 22.1. The van der Waals surface area contributed by atoms with E-state index < -0.39 is 56.6 Å². The van der Waals surface area contributed by atoms with Crippen molar-refractivity contribution in [3.63, 3.8) is 0 Å². The summed E-state index contributed by atoms with van der Waals surface area (Å²) < 4.78 is 46.4. The monoisotopic (exact) mass is 803 g/mol. The van der Waals surface area contributed by atoms with Crippen LogP contribution in [0.3, 0.4) is 0 Å². The Morgan fingerprint density at radius 2 is 1.84 bits per heavy atom. The van der Waals surface area contributed by atoms with Gasteiger partial charge in [-0.25, -0.2) is 13.4 Å². The van der Waals surface area contributed by atoms with Gasteiger partial charge in [0.25, 0.3) is 5.91 Å². The Kier molecular flexibility index (Phi) is 11.3. The summed E-state index contributed by atoms with van der Waals surface area (Å²) in [5.74, 6) is -1.85. The SMILES string of the molecule is COc1ccc2cc3c(nc2c1)OC1CC2C(=O)NC4(C(=O)NS(=O)(=O)C5CC5)CC4C=CCCCCCC(CC(=O)N4CCC(C4)OCCC/C=C/3)C(=O)N2C1. The van der Waals surface area contributed by atoms with E-state index in [1.54, 1.807) is 12.0 Å². The number of methoxy groups -OCH3 is 1. The molecule has 306 valence electrons. The number of aromatic nitrogens is 1. The zero-order chi connectivity index (χ0) is 39.7. The van der Waals surface area contributed by atoms with Gasteiger partial charge in [-0.1, -0.05) is 37.1 Å². The summed E-state index contributed by atoms with van der Waals surface area (Å²) in [4.78, 5) is 65.2. The molecular formula is C42H53N5O9S. The molecule has 5 heterocycles. The summed E-state index contributed by atoms with van der Waals surface area (Å²) in [5, 5.41) is 3.21. The number of benzene rings is 1. The second kappa shape index (κ2) is 16.4. The highest BCUT2D eigenvalue weighted by atomic mass is 32.2. The molecular weight excluding hydrogens is 751 g/mol. The quantitative estimate of drug-likeness (QED) is 0.430. The van der Waals surface area contributed by atoms with E-state index in [2.05, 4.69) is 16.1 Å². The van der Waals surface area contributed by atoms with Crippen LogP contribution in [0.4, 0.5) is 0 Å². The molecule has 57 heavy (non-hydrogen) atoms. The summed E-state index contributed by atoms with van der Waals surface area (Å²) in [7, 11) is -2.29. The van der Waals surface area contributed by atoms with E-state index in [9.17, 15) is 27.6 Å². The van der Waals surface area contributed by atoms with Crippen LogP contribution in [0, 0.1) is 11.8 Å². The van der Waals surface area contributed by atoms with Crippen molar-refractivity contribution in [3.05, 3.63) is 48.1 Å². The van der Waals surface area contributed by atoms with Crippen molar-refractivity contribution >= 4 is 50.6 Å². The molecule has 6 unspecified atom stereocenters. The average Bonchev–Trinajstić information content (AvgIpc) is 4.07. The highest BCUT2D eigenvalue weighted by molar-refractivity contribution is 7.91. The van der Waals surface area contributed by atoms with Gasteiger partial charge in [0.1, 0.15) is 23.4 Å². The van der Waals surface area contributed by atoms with Crippen LogP contribution in [0.1, 0.15) is 89.0 Å². The smallest absolute Gasteiger partial charge is 0.259 e. The van der Waals surface area contributed by atoms with Gasteiger partial charge in [0.05, 0.1) is 30.5 Å². The van der Waals surface area contributed by atoms with Crippen LogP contribution in [0.25, 0.3) is 17.0 Å². The second-order valence-electron chi connectivity index (χ2n) is 16.5. The Morgan fingerprint density at radius 3 is 2.67 bits per heavy atom. The Morgan fingerprint density at radius 1 is 1.00 bits per heavy atom. The summed E-state index contributed by atoms with van der Waals surface area (Å²) in [6, 6.07) is 6.57. The molecule has 14 nitrogen and oxygen atoms in total. The molecule has 15 heteroatoms. The third kappa shape index (κ3) is 8.69. The maximum atomic E-state index is 14.8. The number of pyridine rings is 1. The molecule has 1 aromatic carbocycles. The van der Waals surface area contributed by atoms with Crippen LogP contribution in [0.5, 0.6) is 11.6 Å². The van der Waals surface area contributed by atoms with Crippen LogP contribution in [0.2, 0.25) is 0 Å². The van der Waals surface area contributed by atoms with Gasteiger partial charge < -0.3 is 29.3 Å². The minimum absolute atomic E-state index is 0.0113. The lowest BCUT2D eigenvalue weighted by atomic mass is 9.94. The van der Waals surface area contributed by atoms with Crippen LogP contribution in [-0.4, -0.2) is 109 Å². The lowest BCUT2D eigenvalue weighted by Gasteiger charge is -2.30. The van der Waals surface area contributed by atoms with E-state index in [4.69, 9.17) is 19.2 Å². The van der Waals surface area contributed by atoms with Crippen LogP contribution in [-0.2, 0) is 33.9 Å². The first-order valence-electron chi connectivity index (χ1n) is 20.6. The predicted molar refractivity (Wildman–Crippen MR) is 211 cm³/mol. The Balaban J connectivity index is 1.14. The van der Waals surface area contributed by atoms with Crippen molar-refractivity contribution in [1.82, 2.24) is 24.8 Å². The summed E-state index contributed by atoms with van der Waals surface area (Å²) in [6.07, 6.45) is 14.4. The molecule has 6 aliphatic rings. The van der Waals surface area contributed by atoms with E-state index >= 15 is 0 Å². The fourth-order valence-corrected chi connectivity index (χ4v) is 10.1. The largest absolute Gasteiger partial charge is 0.497 e. The van der Waals surface area contributed by atoms with Gasteiger partial charge in [0.15, 0.2) is 0 Å². The molecule has 0 spiro atoms. The minimum Gasteiger partial charge on any atom is -0.497 e. The standard InChI is InChI=1S/C42H53N5O9S/c1-54-31-14-13-27-20-28-10-7-5-9-19-55-32-17-18-46(25-32)37(48)21-29-11-6-3-2-4-8-12-30-24-42(30,41(51)45-57(52,53)34-15-16-34)44-38(49)36-23-33(26-47(36)40(29)50)56-39(28)43-35(27)22-31/h7-8,10,12-14,20,22,29-30,32-34,36H,2-6,9,11,15-19,21,23-26H2,1H3,(H,44,49)(H,45,51)/b10-7+,12-8?. The van der Waals surface area contributed by atoms with Crippen molar-refractivity contribution in [3.8, 4) is 11.6 Å². The Labute approximate surface area is 333 Å². The number of nitrogens with one attached hydrogen (secondary N) is 2. The number of hydrogen-bond donors (Lipinski definition) is 2. The lowest BCUT2D eigenvalue weighted by Crippen LogP contribution is -2.57. The van der Waals surface area contributed by atoms with Crippen molar-refractivity contribution in [2.75, 3.05) is 33.4 Å². The Hall–Kier alpha value is -4.50. The van der Waals surface area contributed by atoms with E-state index in [1.807, 2.05) is 42.5 Å². The molecule has 5 bridgehead atoms. The first-order chi connectivity index (χ1) is 27.5. The third-order valence-electron chi connectivity index (χ3n) is 12.3. The number of carbonyl (C=O) groups excluding carboxylic acids is 4. The number of carbonyl (C=O) groups is 4. The van der Waals surface area contributed by atoms with Crippen molar-refractivity contribution < 1.29 is 41.8 Å². The second-order valence-corrected chi connectivity index (χ2v) is 18.5. The number of allylic oxidation sites excluding steroid dienone is 2. The number of sulfonamides is 1. The molecule has 0 radical (unpaired) electrons. The number of ether oxygens (including phenoxy) is 3. The number of nitrogens with zero attached hydrogens (tertiary/aromatic N) is 3. The lowest BCUT2D eigenvalue weighted by molar-refractivity contribution is -0.145. The minimum atomic E-state index is -3.88. The topological polar surface area (TPSA) is 174 Å². The van der Waals surface area contributed by atoms with Crippen molar-refractivity contribution in [1.29, 1.82) is 0 Å². The summed E-state index contributed by atoms with van der Waals surface area (Å²) in [5.41, 5.74) is -0.0862. The van der Waals surface area contributed by atoms with Gasteiger partial charge in [-0.3, -0.25) is 23.9 Å². The van der Waals surface area contributed by atoms with Gasteiger partial charge in [0, 0.05) is 61.4 Å². The zero-order valence-corrected chi connectivity index (χ0v) is 33.3. The molecule has 2 aliphatic carbocycles. The summed E-state index contributed by atoms with van der Waals surface area (Å²) >= 11 is 0. The Bertz CT molecular complexity index is 2070. The zero-order valence-electron chi connectivity index (χ0n) is 32.5. The molecule has 6 atom stereocenters. The van der Waals surface area contributed by atoms with E-state index in [0.717, 1.165) is 55.9 Å². The number of fused-ring (bicyclic) bond motifs is 7. The van der Waals surface area contributed by atoms with E-state index in [0.29, 0.717) is 56.1 Å². The number of amides is 4. The highest BCUT2D eigenvalue weighted by Crippen LogP contribution is 2.46.